The number of rotatable bonds is 7. The number of carbonyl (C=O) groups is 1. The van der Waals surface area contributed by atoms with Crippen LogP contribution in [0.15, 0.2) is 66.7 Å². The lowest BCUT2D eigenvalue weighted by Gasteiger charge is -2.06. The largest absolute Gasteiger partial charge is 0.507 e. The Morgan fingerprint density at radius 1 is 0.857 bits per heavy atom. The number of benzene rings is 3. The van der Waals surface area contributed by atoms with E-state index in [0.717, 1.165) is 28.2 Å². The lowest BCUT2D eigenvalue weighted by molar-refractivity contribution is 0.0990. The van der Waals surface area contributed by atoms with Gasteiger partial charge in [0.05, 0.1) is 19.8 Å². The maximum atomic E-state index is 12.4. The Kier molecular flexibility index (Phi) is 6.12. The molecule has 4 nitrogen and oxygen atoms in total. The van der Waals surface area contributed by atoms with Gasteiger partial charge in [-0.25, -0.2) is 0 Å². The molecule has 28 heavy (non-hydrogen) atoms. The van der Waals surface area contributed by atoms with Gasteiger partial charge in [-0.1, -0.05) is 48.6 Å². The number of hydrogen-bond acceptors (Lipinski definition) is 4. The van der Waals surface area contributed by atoms with Crippen LogP contribution in [-0.4, -0.2) is 25.1 Å². The standard InChI is InChI=1S/C24H22O4/c1-27-20-13-19(14-21(16-20)28-2)12-9-17-7-10-18(11-8-17)15-24(26)22-5-3-4-6-23(22)25/h3-14,16,25H,15H2,1-2H3. The van der Waals surface area contributed by atoms with Crippen LogP contribution in [0.1, 0.15) is 27.0 Å². The topological polar surface area (TPSA) is 55.8 Å². The third kappa shape index (κ3) is 4.80. The van der Waals surface area contributed by atoms with Crippen LogP contribution in [0.2, 0.25) is 0 Å². The monoisotopic (exact) mass is 374 g/mol. The summed E-state index contributed by atoms with van der Waals surface area (Å²) in [4.78, 5) is 12.4. The van der Waals surface area contributed by atoms with Crippen molar-refractivity contribution in [1.82, 2.24) is 0 Å². The molecule has 0 radical (unpaired) electrons. The molecule has 0 saturated carbocycles. The summed E-state index contributed by atoms with van der Waals surface area (Å²) in [5.74, 6) is 1.37. The average Bonchev–Trinajstić information content (AvgIpc) is 2.73. The number of aromatic hydroxyl groups is 1. The van der Waals surface area contributed by atoms with Gasteiger partial charge in [0.1, 0.15) is 17.2 Å². The first kappa shape index (κ1) is 19.2. The van der Waals surface area contributed by atoms with Gasteiger partial charge in [0, 0.05) is 12.5 Å². The summed E-state index contributed by atoms with van der Waals surface area (Å²) in [6, 6.07) is 20.0. The summed E-state index contributed by atoms with van der Waals surface area (Å²) in [6.45, 7) is 0. The molecule has 0 spiro atoms. The van der Waals surface area contributed by atoms with Gasteiger partial charge in [-0.3, -0.25) is 4.79 Å². The minimum Gasteiger partial charge on any atom is -0.507 e. The van der Waals surface area contributed by atoms with Gasteiger partial charge >= 0.3 is 0 Å². The van der Waals surface area contributed by atoms with Gasteiger partial charge in [-0.05, 0) is 41.0 Å². The SMILES string of the molecule is COc1cc(C=Cc2ccc(CC(=O)c3ccccc3O)cc2)cc(OC)c1. The summed E-state index contributed by atoms with van der Waals surface area (Å²) in [5, 5.41) is 9.81. The fraction of sp³-hybridized carbons (Fsp3) is 0.125. The second-order valence-corrected chi connectivity index (χ2v) is 6.34. The van der Waals surface area contributed by atoms with Gasteiger partial charge in [-0.2, -0.15) is 0 Å². The molecule has 3 aromatic carbocycles. The molecule has 4 heteroatoms. The zero-order valence-electron chi connectivity index (χ0n) is 15.9. The average molecular weight is 374 g/mol. The van der Waals surface area contributed by atoms with E-state index in [4.69, 9.17) is 9.47 Å². The summed E-state index contributed by atoms with van der Waals surface area (Å²) < 4.78 is 10.6. The van der Waals surface area contributed by atoms with Crippen molar-refractivity contribution in [3.63, 3.8) is 0 Å². The van der Waals surface area contributed by atoms with Gasteiger partial charge < -0.3 is 14.6 Å². The molecule has 0 aromatic heterocycles. The highest BCUT2D eigenvalue weighted by Gasteiger charge is 2.10. The maximum absolute atomic E-state index is 12.4. The second-order valence-electron chi connectivity index (χ2n) is 6.34. The maximum Gasteiger partial charge on any atom is 0.170 e. The fourth-order valence-electron chi connectivity index (χ4n) is 2.85. The van der Waals surface area contributed by atoms with Crippen molar-refractivity contribution >= 4 is 17.9 Å². The first-order valence-electron chi connectivity index (χ1n) is 8.90. The molecular formula is C24H22O4. The van der Waals surface area contributed by atoms with Crippen LogP contribution in [0.3, 0.4) is 0 Å². The molecular weight excluding hydrogens is 352 g/mol. The normalized spacial score (nSPS) is 10.8. The van der Waals surface area contributed by atoms with Crippen LogP contribution in [0.25, 0.3) is 12.2 Å². The van der Waals surface area contributed by atoms with Crippen molar-refractivity contribution < 1.29 is 19.4 Å². The summed E-state index contributed by atoms with van der Waals surface area (Å²) in [7, 11) is 3.24. The Labute approximate surface area is 164 Å². The molecule has 3 rings (SSSR count). The molecule has 0 aliphatic heterocycles. The number of Topliss-reactive ketones (excluding diaryl/α,β-unsaturated/α-hetero) is 1. The van der Waals surface area contributed by atoms with Crippen molar-refractivity contribution in [2.24, 2.45) is 0 Å². The minimum atomic E-state index is -0.107. The Balaban J connectivity index is 1.70. The smallest absolute Gasteiger partial charge is 0.170 e. The Bertz CT molecular complexity index is 965. The van der Waals surface area contributed by atoms with Crippen molar-refractivity contribution in [3.8, 4) is 17.2 Å². The van der Waals surface area contributed by atoms with Gasteiger partial charge in [-0.15, -0.1) is 0 Å². The third-order valence-electron chi connectivity index (χ3n) is 4.39. The summed E-state index contributed by atoms with van der Waals surface area (Å²) >= 11 is 0. The second kappa shape index (κ2) is 8.91. The zero-order valence-corrected chi connectivity index (χ0v) is 15.9. The summed E-state index contributed by atoms with van der Waals surface area (Å²) in [6.07, 6.45) is 4.21. The molecule has 0 bridgehead atoms. The number of hydrogen-bond donors (Lipinski definition) is 1. The number of phenolic OH excluding ortho intramolecular Hbond substituents is 1. The number of carbonyl (C=O) groups excluding carboxylic acids is 1. The van der Waals surface area contributed by atoms with Gasteiger partial charge in [0.2, 0.25) is 0 Å². The molecule has 142 valence electrons. The van der Waals surface area contributed by atoms with Crippen LogP contribution in [0.5, 0.6) is 17.2 Å². The van der Waals surface area contributed by atoms with E-state index in [1.165, 1.54) is 6.07 Å². The van der Waals surface area contributed by atoms with Crippen molar-refractivity contribution in [1.29, 1.82) is 0 Å². The Hall–Kier alpha value is -3.53. The molecule has 0 amide bonds. The van der Waals surface area contributed by atoms with Crippen LogP contribution >= 0.6 is 0 Å². The van der Waals surface area contributed by atoms with E-state index in [2.05, 4.69) is 0 Å². The molecule has 0 saturated heterocycles. The molecule has 0 fully saturated rings. The number of para-hydroxylation sites is 1. The van der Waals surface area contributed by atoms with Crippen molar-refractivity contribution in [2.45, 2.75) is 6.42 Å². The highest BCUT2D eigenvalue weighted by Crippen LogP contribution is 2.24. The van der Waals surface area contributed by atoms with Crippen LogP contribution < -0.4 is 9.47 Å². The first-order valence-corrected chi connectivity index (χ1v) is 8.90. The lowest BCUT2D eigenvalue weighted by atomic mass is 10.0. The predicted octanol–water partition coefficient (Wildman–Crippen LogP) is 5.01. The van der Waals surface area contributed by atoms with Crippen LogP contribution in [0.4, 0.5) is 0 Å². The van der Waals surface area contributed by atoms with E-state index in [1.54, 1.807) is 32.4 Å². The van der Waals surface area contributed by atoms with Crippen molar-refractivity contribution in [2.75, 3.05) is 14.2 Å². The Morgan fingerprint density at radius 2 is 1.46 bits per heavy atom. The van der Waals surface area contributed by atoms with Gasteiger partial charge in [0.25, 0.3) is 0 Å². The van der Waals surface area contributed by atoms with Crippen molar-refractivity contribution in [3.05, 3.63) is 89.0 Å². The predicted molar refractivity (Wildman–Crippen MR) is 111 cm³/mol. The number of methoxy groups -OCH3 is 2. The minimum absolute atomic E-state index is 0.0146. The number of ketones is 1. The number of phenols is 1. The molecule has 0 unspecified atom stereocenters. The fourth-order valence-corrected chi connectivity index (χ4v) is 2.85. The molecule has 1 N–H and O–H groups in total. The highest BCUT2D eigenvalue weighted by molar-refractivity contribution is 5.99. The zero-order chi connectivity index (χ0) is 19.9. The molecule has 0 aliphatic rings. The number of ether oxygens (including phenoxy) is 2. The quantitative estimate of drug-likeness (QED) is 0.467. The van der Waals surface area contributed by atoms with Crippen LogP contribution in [0, 0.1) is 0 Å². The van der Waals surface area contributed by atoms with E-state index in [9.17, 15) is 9.90 Å². The Morgan fingerprint density at radius 3 is 2.07 bits per heavy atom. The van der Waals surface area contributed by atoms with E-state index in [1.807, 2.05) is 54.6 Å². The molecule has 0 heterocycles. The van der Waals surface area contributed by atoms with E-state index in [-0.39, 0.29) is 18.0 Å². The molecule has 3 aromatic rings. The van der Waals surface area contributed by atoms with Gasteiger partial charge in [0.15, 0.2) is 5.78 Å². The molecule has 0 aliphatic carbocycles. The third-order valence-corrected chi connectivity index (χ3v) is 4.39. The highest BCUT2D eigenvalue weighted by atomic mass is 16.5. The van der Waals surface area contributed by atoms with E-state index in [0.29, 0.717) is 5.56 Å². The van der Waals surface area contributed by atoms with E-state index >= 15 is 0 Å². The van der Waals surface area contributed by atoms with Crippen LogP contribution in [-0.2, 0) is 6.42 Å². The lowest BCUT2D eigenvalue weighted by Crippen LogP contribution is -2.03. The van der Waals surface area contributed by atoms with E-state index < -0.39 is 0 Å². The summed E-state index contributed by atoms with van der Waals surface area (Å²) in [5.41, 5.74) is 3.22. The first-order chi connectivity index (χ1) is 13.6. The molecule has 0 atom stereocenters.